The van der Waals surface area contributed by atoms with Crippen LogP contribution in [0.4, 0.5) is 0 Å². The van der Waals surface area contributed by atoms with Crippen LogP contribution in [0.3, 0.4) is 0 Å². The Morgan fingerprint density at radius 3 is 2.59 bits per heavy atom. The molecule has 0 bridgehead atoms. The zero-order valence-corrected chi connectivity index (χ0v) is 13.8. The Hall–Kier alpha value is -1.85. The van der Waals surface area contributed by atoms with Crippen molar-refractivity contribution in [3.05, 3.63) is 48.3 Å². The van der Waals surface area contributed by atoms with Crippen molar-refractivity contribution in [1.82, 2.24) is 15.1 Å². The summed E-state index contributed by atoms with van der Waals surface area (Å²) in [6, 6.07) is 9.78. The van der Waals surface area contributed by atoms with Gasteiger partial charge in [-0.2, -0.15) is 5.10 Å². The number of carbonyl (C=O) groups excluding carboxylic acids is 1. The standard InChI is InChI=1S/C16H22N4O.ClH/c1-3-9-16(2,17)15(21)18-12-13-5-7-14(8-6-13)20-11-4-10-19-20;/h4-8,10-11H,3,9,12,17H2,1-2H3,(H,18,21);1H. The van der Waals surface area contributed by atoms with E-state index < -0.39 is 5.54 Å². The van der Waals surface area contributed by atoms with Gasteiger partial charge in [0.25, 0.3) is 0 Å². The van der Waals surface area contributed by atoms with Crippen molar-refractivity contribution < 1.29 is 4.79 Å². The van der Waals surface area contributed by atoms with Gasteiger partial charge in [-0.1, -0.05) is 25.5 Å². The van der Waals surface area contributed by atoms with Gasteiger partial charge in [0.1, 0.15) is 0 Å². The molecule has 1 heterocycles. The molecule has 1 amide bonds. The number of nitrogens with one attached hydrogen (secondary N) is 1. The summed E-state index contributed by atoms with van der Waals surface area (Å²) in [6.07, 6.45) is 5.20. The number of hydrogen-bond donors (Lipinski definition) is 2. The first-order chi connectivity index (χ1) is 10.0. The molecule has 0 saturated heterocycles. The first-order valence-corrected chi connectivity index (χ1v) is 7.19. The molecule has 22 heavy (non-hydrogen) atoms. The second kappa shape index (κ2) is 7.96. The van der Waals surface area contributed by atoms with Crippen LogP contribution in [0.15, 0.2) is 42.7 Å². The minimum absolute atomic E-state index is 0. The van der Waals surface area contributed by atoms with Crippen molar-refractivity contribution in [3.8, 4) is 5.69 Å². The molecule has 0 spiro atoms. The number of benzene rings is 1. The fourth-order valence-corrected chi connectivity index (χ4v) is 2.21. The summed E-state index contributed by atoms with van der Waals surface area (Å²) < 4.78 is 1.79. The summed E-state index contributed by atoms with van der Waals surface area (Å²) in [6.45, 7) is 4.27. The van der Waals surface area contributed by atoms with Crippen LogP contribution in [0.2, 0.25) is 0 Å². The number of rotatable bonds is 6. The van der Waals surface area contributed by atoms with Gasteiger partial charge in [-0.25, -0.2) is 4.68 Å². The Morgan fingerprint density at radius 2 is 2.05 bits per heavy atom. The molecule has 0 aliphatic carbocycles. The second-order valence-electron chi connectivity index (χ2n) is 5.47. The van der Waals surface area contributed by atoms with E-state index in [-0.39, 0.29) is 18.3 Å². The molecule has 0 fully saturated rings. The SMILES string of the molecule is CCCC(C)(N)C(=O)NCc1ccc(-n2cccn2)cc1.Cl. The van der Waals surface area contributed by atoms with Crippen LogP contribution >= 0.6 is 12.4 Å². The third-order valence-corrected chi connectivity index (χ3v) is 3.45. The molecule has 120 valence electrons. The van der Waals surface area contributed by atoms with Crippen molar-refractivity contribution in [1.29, 1.82) is 0 Å². The Labute approximate surface area is 137 Å². The minimum Gasteiger partial charge on any atom is -0.350 e. The van der Waals surface area contributed by atoms with Gasteiger partial charge in [-0.3, -0.25) is 4.79 Å². The number of halogens is 1. The third kappa shape index (κ3) is 4.58. The predicted octanol–water partition coefficient (Wildman–Crippen LogP) is 2.43. The van der Waals surface area contributed by atoms with Gasteiger partial charge in [0.05, 0.1) is 11.2 Å². The lowest BCUT2D eigenvalue weighted by Crippen LogP contribution is -2.51. The molecule has 1 unspecified atom stereocenters. The molecule has 0 aliphatic rings. The highest BCUT2D eigenvalue weighted by Crippen LogP contribution is 2.11. The number of hydrogen-bond acceptors (Lipinski definition) is 3. The smallest absolute Gasteiger partial charge is 0.240 e. The topological polar surface area (TPSA) is 72.9 Å². The van der Waals surface area contributed by atoms with Crippen LogP contribution in [0, 0.1) is 0 Å². The van der Waals surface area contributed by atoms with E-state index in [0.29, 0.717) is 13.0 Å². The summed E-state index contributed by atoms with van der Waals surface area (Å²) in [4.78, 5) is 12.0. The number of nitrogens with zero attached hydrogens (tertiary/aromatic N) is 2. The van der Waals surface area contributed by atoms with Gasteiger partial charge in [0.2, 0.25) is 5.91 Å². The molecule has 1 atom stereocenters. The molecule has 1 aromatic heterocycles. The maximum Gasteiger partial charge on any atom is 0.240 e. The number of amides is 1. The third-order valence-electron chi connectivity index (χ3n) is 3.45. The monoisotopic (exact) mass is 322 g/mol. The summed E-state index contributed by atoms with van der Waals surface area (Å²) in [7, 11) is 0. The summed E-state index contributed by atoms with van der Waals surface area (Å²) >= 11 is 0. The molecule has 5 nitrogen and oxygen atoms in total. The van der Waals surface area contributed by atoms with Crippen molar-refractivity contribution in [2.45, 2.75) is 38.8 Å². The fourth-order valence-electron chi connectivity index (χ4n) is 2.21. The van der Waals surface area contributed by atoms with Gasteiger partial charge < -0.3 is 11.1 Å². The normalized spacial score (nSPS) is 13.0. The van der Waals surface area contributed by atoms with Crippen molar-refractivity contribution in [2.75, 3.05) is 0 Å². The highest BCUT2D eigenvalue weighted by atomic mass is 35.5. The van der Waals surface area contributed by atoms with Crippen LogP contribution in [-0.4, -0.2) is 21.2 Å². The molecule has 1 aromatic carbocycles. The molecule has 0 aliphatic heterocycles. The quantitative estimate of drug-likeness (QED) is 0.858. The average Bonchev–Trinajstić information content (AvgIpc) is 2.99. The lowest BCUT2D eigenvalue weighted by molar-refractivity contribution is -0.126. The highest BCUT2D eigenvalue weighted by Gasteiger charge is 2.26. The van der Waals surface area contributed by atoms with Crippen LogP contribution in [0.25, 0.3) is 5.69 Å². The Bertz CT molecular complexity index is 579. The maximum absolute atomic E-state index is 12.0. The van der Waals surface area contributed by atoms with Crippen LogP contribution in [-0.2, 0) is 11.3 Å². The number of carbonyl (C=O) groups is 1. The summed E-state index contributed by atoms with van der Waals surface area (Å²) in [5.74, 6) is -0.111. The van der Waals surface area contributed by atoms with Gasteiger partial charge in [-0.15, -0.1) is 12.4 Å². The van der Waals surface area contributed by atoms with Gasteiger partial charge in [0.15, 0.2) is 0 Å². The van der Waals surface area contributed by atoms with E-state index >= 15 is 0 Å². The first-order valence-electron chi connectivity index (χ1n) is 7.19. The summed E-state index contributed by atoms with van der Waals surface area (Å²) in [5, 5.41) is 7.07. The zero-order valence-electron chi connectivity index (χ0n) is 13.0. The summed E-state index contributed by atoms with van der Waals surface area (Å²) in [5.41, 5.74) is 7.22. The molecule has 0 saturated carbocycles. The minimum atomic E-state index is -0.802. The van der Waals surface area contributed by atoms with Gasteiger partial charge in [0, 0.05) is 18.9 Å². The van der Waals surface area contributed by atoms with E-state index in [2.05, 4.69) is 10.4 Å². The lowest BCUT2D eigenvalue weighted by Gasteiger charge is -2.22. The Morgan fingerprint density at radius 1 is 1.36 bits per heavy atom. The van der Waals surface area contributed by atoms with Gasteiger partial charge in [-0.05, 0) is 37.1 Å². The van der Waals surface area contributed by atoms with E-state index in [4.69, 9.17) is 5.73 Å². The molecular formula is C16H23ClN4O. The van der Waals surface area contributed by atoms with Crippen molar-refractivity contribution in [3.63, 3.8) is 0 Å². The second-order valence-corrected chi connectivity index (χ2v) is 5.47. The Kier molecular flexibility index (Phi) is 6.59. The zero-order chi connectivity index (χ0) is 15.3. The van der Waals surface area contributed by atoms with Gasteiger partial charge >= 0.3 is 0 Å². The van der Waals surface area contributed by atoms with E-state index in [1.165, 1.54) is 0 Å². The van der Waals surface area contributed by atoms with E-state index in [9.17, 15) is 4.79 Å². The Balaban J connectivity index is 0.00000242. The van der Waals surface area contributed by atoms with E-state index in [0.717, 1.165) is 17.7 Å². The van der Waals surface area contributed by atoms with Crippen molar-refractivity contribution in [2.24, 2.45) is 5.73 Å². The average molecular weight is 323 g/mol. The maximum atomic E-state index is 12.0. The van der Waals surface area contributed by atoms with E-state index in [1.807, 2.05) is 43.5 Å². The predicted molar refractivity (Wildman–Crippen MR) is 90.2 cm³/mol. The number of aromatic nitrogens is 2. The van der Waals surface area contributed by atoms with Crippen LogP contribution in [0.5, 0.6) is 0 Å². The van der Waals surface area contributed by atoms with Crippen LogP contribution in [0.1, 0.15) is 32.3 Å². The molecule has 6 heteroatoms. The lowest BCUT2D eigenvalue weighted by atomic mass is 9.96. The molecule has 2 rings (SSSR count). The fraction of sp³-hybridized carbons (Fsp3) is 0.375. The molecule has 2 aromatic rings. The first kappa shape index (κ1) is 18.2. The number of nitrogens with two attached hydrogens (primary N) is 1. The molecular weight excluding hydrogens is 300 g/mol. The van der Waals surface area contributed by atoms with E-state index in [1.54, 1.807) is 17.8 Å². The van der Waals surface area contributed by atoms with Crippen molar-refractivity contribution >= 4 is 18.3 Å². The highest BCUT2D eigenvalue weighted by molar-refractivity contribution is 5.85. The molecule has 3 N–H and O–H groups in total. The molecule has 0 radical (unpaired) electrons. The largest absolute Gasteiger partial charge is 0.350 e. The van der Waals surface area contributed by atoms with Crippen LogP contribution < -0.4 is 11.1 Å².